The van der Waals surface area contributed by atoms with Gasteiger partial charge in [0.1, 0.15) is 17.2 Å². The molecule has 0 unspecified atom stereocenters. The molecule has 0 aromatic heterocycles. The summed E-state index contributed by atoms with van der Waals surface area (Å²) in [7, 11) is 0. The molecule has 0 bridgehead atoms. The second-order valence-corrected chi connectivity index (χ2v) is 5.59. The molecule has 0 aliphatic rings. The van der Waals surface area contributed by atoms with Crippen LogP contribution in [0.15, 0.2) is 70.9 Å². The van der Waals surface area contributed by atoms with Crippen molar-refractivity contribution in [2.24, 2.45) is 10.2 Å². The first-order valence-electron chi connectivity index (χ1n) is 7.66. The van der Waals surface area contributed by atoms with Gasteiger partial charge in [0.05, 0.1) is 5.69 Å². The van der Waals surface area contributed by atoms with Crippen LogP contribution in [0.2, 0.25) is 0 Å². The van der Waals surface area contributed by atoms with E-state index in [9.17, 15) is 10.2 Å². The molecule has 0 spiro atoms. The summed E-state index contributed by atoms with van der Waals surface area (Å²) in [6.07, 6.45) is 0. The minimum absolute atomic E-state index is 0.177. The molecule has 4 heteroatoms. The zero-order valence-corrected chi connectivity index (χ0v) is 13.6. The zero-order valence-electron chi connectivity index (χ0n) is 13.6. The average Bonchev–Trinajstić information content (AvgIpc) is 2.60. The summed E-state index contributed by atoms with van der Waals surface area (Å²) < 4.78 is 0. The normalized spacial score (nSPS) is 11.1. The number of rotatable bonds is 3. The number of hydrogen-bond donors (Lipinski definition) is 2. The summed E-state index contributed by atoms with van der Waals surface area (Å²) in [6, 6.07) is 18.5. The van der Waals surface area contributed by atoms with Crippen LogP contribution in [0.3, 0.4) is 0 Å². The fourth-order valence-electron chi connectivity index (χ4n) is 2.49. The Kier molecular flexibility index (Phi) is 4.29. The number of azo groups is 1. The van der Waals surface area contributed by atoms with Crippen LogP contribution >= 0.6 is 0 Å². The zero-order chi connectivity index (χ0) is 17.1. The number of hydrogen-bond acceptors (Lipinski definition) is 4. The van der Waals surface area contributed by atoms with Crippen LogP contribution in [-0.2, 0) is 0 Å². The Morgan fingerprint density at radius 1 is 0.667 bits per heavy atom. The van der Waals surface area contributed by atoms with Crippen molar-refractivity contribution in [1.82, 2.24) is 0 Å². The van der Waals surface area contributed by atoms with E-state index in [1.165, 1.54) is 0 Å². The topological polar surface area (TPSA) is 65.2 Å². The number of phenols is 2. The number of nitrogens with zero attached hydrogens (tertiary/aromatic N) is 2. The lowest BCUT2D eigenvalue weighted by molar-refractivity contribution is 0.470. The maximum Gasteiger partial charge on any atom is 0.120 e. The summed E-state index contributed by atoms with van der Waals surface area (Å²) in [5.74, 6) is 0.360. The van der Waals surface area contributed by atoms with Gasteiger partial charge in [0, 0.05) is 16.7 Å². The largest absolute Gasteiger partial charge is 0.508 e. The molecular formula is C20H18N2O2. The van der Waals surface area contributed by atoms with Gasteiger partial charge in [-0.3, -0.25) is 0 Å². The molecule has 0 radical (unpaired) electrons. The number of benzene rings is 3. The maximum absolute atomic E-state index is 10.0. The van der Waals surface area contributed by atoms with E-state index in [0.717, 1.165) is 11.1 Å². The van der Waals surface area contributed by atoms with E-state index in [1.54, 1.807) is 31.2 Å². The van der Waals surface area contributed by atoms with Crippen molar-refractivity contribution in [3.8, 4) is 22.6 Å². The van der Waals surface area contributed by atoms with Crippen molar-refractivity contribution in [1.29, 1.82) is 0 Å². The molecule has 0 saturated heterocycles. The minimum atomic E-state index is 0.177. The maximum atomic E-state index is 10.0. The van der Waals surface area contributed by atoms with Crippen LogP contribution in [0.25, 0.3) is 11.1 Å². The molecule has 24 heavy (non-hydrogen) atoms. The SMILES string of the molecule is Cc1c(O)cccc1N=Nc1c(-c2ccccc2)ccc(O)c1C. The van der Waals surface area contributed by atoms with Crippen molar-refractivity contribution in [3.05, 3.63) is 71.8 Å². The first kappa shape index (κ1) is 15.7. The molecule has 3 aromatic carbocycles. The van der Waals surface area contributed by atoms with Crippen LogP contribution in [0, 0.1) is 13.8 Å². The molecule has 3 rings (SSSR count). The van der Waals surface area contributed by atoms with Gasteiger partial charge in [-0.15, -0.1) is 5.11 Å². The molecule has 4 nitrogen and oxygen atoms in total. The van der Waals surface area contributed by atoms with Crippen molar-refractivity contribution >= 4 is 11.4 Å². The highest BCUT2D eigenvalue weighted by molar-refractivity contribution is 5.79. The minimum Gasteiger partial charge on any atom is -0.508 e. The van der Waals surface area contributed by atoms with Gasteiger partial charge in [-0.2, -0.15) is 5.11 Å². The lowest BCUT2D eigenvalue weighted by Crippen LogP contribution is -1.84. The Labute approximate surface area is 140 Å². The average molecular weight is 318 g/mol. The fourth-order valence-corrected chi connectivity index (χ4v) is 2.49. The van der Waals surface area contributed by atoms with E-state index in [-0.39, 0.29) is 11.5 Å². The van der Waals surface area contributed by atoms with Gasteiger partial charge in [-0.05, 0) is 43.7 Å². The van der Waals surface area contributed by atoms with Crippen molar-refractivity contribution in [2.75, 3.05) is 0 Å². The number of aromatic hydroxyl groups is 2. The molecule has 0 saturated carbocycles. The van der Waals surface area contributed by atoms with Gasteiger partial charge in [-0.25, -0.2) is 0 Å². The molecule has 0 atom stereocenters. The van der Waals surface area contributed by atoms with E-state index < -0.39 is 0 Å². The molecule has 0 heterocycles. The quantitative estimate of drug-likeness (QED) is 0.600. The van der Waals surface area contributed by atoms with E-state index in [1.807, 2.05) is 43.3 Å². The molecule has 0 fully saturated rings. The smallest absolute Gasteiger partial charge is 0.120 e. The molecule has 0 aliphatic carbocycles. The summed E-state index contributed by atoms with van der Waals surface area (Å²) in [6.45, 7) is 3.60. The summed E-state index contributed by atoms with van der Waals surface area (Å²) in [5.41, 5.74) is 4.44. The van der Waals surface area contributed by atoms with Gasteiger partial charge < -0.3 is 10.2 Å². The van der Waals surface area contributed by atoms with E-state index >= 15 is 0 Å². The summed E-state index contributed by atoms with van der Waals surface area (Å²) >= 11 is 0. The summed E-state index contributed by atoms with van der Waals surface area (Å²) in [5, 5.41) is 28.5. The Hall–Kier alpha value is -3.14. The second-order valence-electron chi connectivity index (χ2n) is 5.59. The predicted octanol–water partition coefficient (Wildman–Crippen LogP) is 5.80. The third-order valence-corrected chi connectivity index (χ3v) is 4.02. The lowest BCUT2D eigenvalue weighted by Gasteiger charge is -2.10. The van der Waals surface area contributed by atoms with Gasteiger partial charge in [0.15, 0.2) is 0 Å². The first-order chi connectivity index (χ1) is 11.6. The van der Waals surface area contributed by atoms with Crippen LogP contribution in [0.4, 0.5) is 11.4 Å². The second kappa shape index (κ2) is 6.54. The Balaban J connectivity index is 2.12. The van der Waals surface area contributed by atoms with Gasteiger partial charge >= 0.3 is 0 Å². The lowest BCUT2D eigenvalue weighted by atomic mass is 10.0. The van der Waals surface area contributed by atoms with Crippen LogP contribution in [-0.4, -0.2) is 10.2 Å². The predicted molar refractivity (Wildman–Crippen MR) is 95.3 cm³/mol. The van der Waals surface area contributed by atoms with Crippen LogP contribution < -0.4 is 0 Å². The third-order valence-electron chi connectivity index (χ3n) is 4.02. The first-order valence-corrected chi connectivity index (χ1v) is 7.66. The molecule has 0 amide bonds. The van der Waals surface area contributed by atoms with E-state index in [4.69, 9.17) is 0 Å². The molecule has 120 valence electrons. The van der Waals surface area contributed by atoms with Crippen LogP contribution in [0.5, 0.6) is 11.5 Å². The van der Waals surface area contributed by atoms with Gasteiger partial charge in [-0.1, -0.05) is 36.4 Å². The van der Waals surface area contributed by atoms with E-state index in [2.05, 4.69) is 10.2 Å². The number of phenolic OH excluding ortho intramolecular Hbond substituents is 2. The standard InChI is InChI=1S/C20H18N2O2/c1-13-17(9-6-10-18(13)23)21-22-20-14(2)19(24)12-11-16(20)15-7-4-3-5-8-15/h3-12,23-24H,1-2H3. The van der Waals surface area contributed by atoms with E-state index in [0.29, 0.717) is 22.5 Å². The highest BCUT2D eigenvalue weighted by Gasteiger charge is 2.11. The molecular weight excluding hydrogens is 300 g/mol. The summed E-state index contributed by atoms with van der Waals surface area (Å²) in [4.78, 5) is 0. The van der Waals surface area contributed by atoms with Crippen molar-refractivity contribution in [2.45, 2.75) is 13.8 Å². The van der Waals surface area contributed by atoms with Crippen LogP contribution in [0.1, 0.15) is 11.1 Å². The van der Waals surface area contributed by atoms with Gasteiger partial charge in [0.2, 0.25) is 0 Å². The Bertz CT molecular complexity index is 903. The molecule has 2 N–H and O–H groups in total. The fraction of sp³-hybridized carbons (Fsp3) is 0.100. The van der Waals surface area contributed by atoms with Crippen molar-refractivity contribution < 1.29 is 10.2 Å². The third kappa shape index (κ3) is 2.99. The highest BCUT2D eigenvalue weighted by atomic mass is 16.3. The molecule has 0 aliphatic heterocycles. The molecule has 3 aromatic rings. The Morgan fingerprint density at radius 2 is 1.38 bits per heavy atom. The monoisotopic (exact) mass is 318 g/mol. The highest BCUT2D eigenvalue weighted by Crippen LogP contribution is 2.39. The Morgan fingerprint density at radius 3 is 2.12 bits per heavy atom. The van der Waals surface area contributed by atoms with Gasteiger partial charge in [0.25, 0.3) is 0 Å². The van der Waals surface area contributed by atoms with Crippen molar-refractivity contribution in [3.63, 3.8) is 0 Å².